The van der Waals surface area contributed by atoms with Crippen molar-refractivity contribution in [2.24, 2.45) is 11.7 Å². The maximum absolute atomic E-state index is 11.7. The Morgan fingerprint density at radius 2 is 1.78 bits per heavy atom. The van der Waals surface area contributed by atoms with Gasteiger partial charge in [-0.2, -0.15) is 0 Å². The number of rotatable bonds is 3. The third kappa shape index (κ3) is 4.21. The molecular formula is C11H15Cl3N2O2. The van der Waals surface area contributed by atoms with Gasteiger partial charge < -0.3 is 16.2 Å². The van der Waals surface area contributed by atoms with Crippen molar-refractivity contribution in [3.05, 3.63) is 22.2 Å². The van der Waals surface area contributed by atoms with Gasteiger partial charge in [-0.05, 0) is 18.1 Å². The Morgan fingerprint density at radius 3 is 2.17 bits per heavy atom. The van der Waals surface area contributed by atoms with E-state index in [2.05, 4.69) is 5.32 Å². The minimum absolute atomic E-state index is 0. The van der Waals surface area contributed by atoms with Gasteiger partial charge in [-0.3, -0.25) is 4.79 Å². The van der Waals surface area contributed by atoms with E-state index in [1.807, 2.05) is 13.8 Å². The number of benzene rings is 1. The second-order valence-electron chi connectivity index (χ2n) is 4.05. The van der Waals surface area contributed by atoms with Crippen LogP contribution in [-0.2, 0) is 4.79 Å². The number of halogens is 3. The quantitative estimate of drug-likeness (QED) is 0.751. The lowest BCUT2D eigenvalue weighted by Gasteiger charge is -2.15. The zero-order chi connectivity index (χ0) is 13.2. The molecule has 0 heterocycles. The number of carbonyl (C=O) groups is 1. The van der Waals surface area contributed by atoms with Crippen molar-refractivity contribution in [1.29, 1.82) is 0 Å². The van der Waals surface area contributed by atoms with Crippen LogP contribution >= 0.6 is 35.6 Å². The topological polar surface area (TPSA) is 75.4 Å². The predicted molar refractivity (Wildman–Crippen MR) is 76.8 cm³/mol. The van der Waals surface area contributed by atoms with Gasteiger partial charge in [0.15, 0.2) is 5.75 Å². The van der Waals surface area contributed by atoms with Gasteiger partial charge in [-0.25, -0.2) is 0 Å². The first kappa shape index (κ1) is 17.3. The fourth-order valence-corrected chi connectivity index (χ4v) is 1.65. The molecule has 0 aromatic heterocycles. The van der Waals surface area contributed by atoms with E-state index in [0.29, 0.717) is 5.69 Å². The third-order valence-electron chi connectivity index (χ3n) is 2.31. The van der Waals surface area contributed by atoms with Crippen LogP contribution < -0.4 is 11.1 Å². The molecule has 102 valence electrons. The highest BCUT2D eigenvalue weighted by molar-refractivity contribution is 6.37. The highest BCUT2D eigenvalue weighted by Crippen LogP contribution is 2.34. The van der Waals surface area contributed by atoms with Crippen LogP contribution in [-0.4, -0.2) is 17.1 Å². The maximum atomic E-state index is 11.7. The van der Waals surface area contributed by atoms with Gasteiger partial charge >= 0.3 is 0 Å². The molecule has 0 aliphatic heterocycles. The second kappa shape index (κ2) is 7.04. The van der Waals surface area contributed by atoms with Crippen molar-refractivity contribution in [3.63, 3.8) is 0 Å². The number of hydrogen-bond donors (Lipinski definition) is 3. The van der Waals surface area contributed by atoms with Gasteiger partial charge in [-0.15, -0.1) is 12.4 Å². The van der Waals surface area contributed by atoms with Crippen molar-refractivity contribution in [3.8, 4) is 5.75 Å². The summed E-state index contributed by atoms with van der Waals surface area (Å²) in [6.07, 6.45) is 0. The number of phenolic OH excluding ortho intramolecular Hbond substituents is 1. The average Bonchev–Trinajstić information content (AvgIpc) is 2.24. The molecule has 1 aromatic carbocycles. The van der Waals surface area contributed by atoms with Crippen LogP contribution in [0, 0.1) is 5.92 Å². The van der Waals surface area contributed by atoms with Crippen LogP contribution in [0.4, 0.5) is 5.69 Å². The summed E-state index contributed by atoms with van der Waals surface area (Å²) in [4.78, 5) is 11.7. The van der Waals surface area contributed by atoms with Crippen molar-refractivity contribution >= 4 is 47.2 Å². The Hall–Kier alpha value is -0.680. The van der Waals surface area contributed by atoms with E-state index >= 15 is 0 Å². The van der Waals surface area contributed by atoms with Crippen LogP contribution in [0.2, 0.25) is 10.0 Å². The van der Waals surface area contributed by atoms with E-state index in [-0.39, 0.29) is 40.0 Å². The Balaban J connectivity index is 0.00000289. The highest BCUT2D eigenvalue weighted by Gasteiger charge is 2.18. The molecule has 0 saturated carbocycles. The Kier molecular flexibility index (Phi) is 6.78. The maximum Gasteiger partial charge on any atom is 0.241 e. The number of amides is 1. The van der Waals surface area contributed by atoms with Gasteiger partial charge in [0.2, 0.25) is 5.91 Å². The molecule has 1 aromatic rings. The molecule has 1 amide bonds. The molecule has 18 heavy (non-hydrogen) atoms. The number of nitrogens with two attached hydrogens (primary N) is 1. The number of phenols is 1. The summed E-state index contributed by atoms with van der Waals surface area (Å²) >= 11 is 11.5. The fourth-order valence-electron chi connectivity index (χ4n) is 1.17. The first-order chi connectivity index (χ1) is 7.82. The summed E-state index contributed by atoms with van der Waals surface area (Å²) in [5, 5.41) is 12.1. The molecule has 4 nitrogen and oxygen atoms in total. The molecule has 0 radical (unpaired) electrons. The number of aromatic hydroxyl groups is 1. The molecule has 0 saturated heterocycles. The summed E-state index contributed by atoms with van der Waals surface area (Å²) in [6, 6.07) is 2.21. The van der Waals surface area contributed by atoms with Crippen LogP contribution in [0.3, 0.4) is 0 Å². The van der Waals surface area contributed by atoms with Crippen molar-refractivity contribution in [2.75, 3.05) is 5.32 Å². The van der Waals surface area contributed by atoms with Crippen molar-refractivity contribution in [2.45, 2.75) is 19.9 Å². The first-order valence-corrected chi connectivity index (χ1v) is 5.83. The molecule has 1 atom stereocenters. The van der Waals surface area contributed by atoms with Crippen LogP contribution in [0.25, 0.3) is 0 Å². The standard InChI is InChI=1S/C11H14Cl2N2O2.ClH/c1-5(2)9(14)11(17)15-6-3-7(12)10(16)8(13)4-6;/h3-5,9,16H,14H2,1-2H3,(H,15,17);1H/t9-;/m0./s1. The predicted octanol–water partition coefficient (Wildman–Crippen LogP) is 3.04. The monoisotopic (exact) mass is 312 g/mol. The summed E-state index contributed by atoms with van der Waals surface area (Å²) in [6.45, 7) is 3.70. The van der Waals surface area contributed by atoms with Gasteiger partial charge in [0, 0.05) is 5.69 Å². The molecular weight excluding hydrogens is 298 g/mol. The molecule has 7 heteroatoms. The van der Waals surface area contributed by atoms with Gasteiger partial charge in [0.25, 0.3) is 0 Å². The summed E-state index contributed by atoms with van der Waals surface area (Å²) in [5.41, 5.74) is 6.09. The normalized spacial score (nSPS) is 11.9. The van der Waals surface area contributed by atoms with Crippen LogP contribution in [0.5, 0.6) is 5.75 Å². The fraction of sp³-hybridized carbons (Fsp3) is 0.364. The van der Waals surface area contributed by atoms with Gasteiger partial charge in [0.1, 0.15) is 0 Å². The first-order valence-electron chi connectivity index (χ1n) is 5.07. The largest absolute Gasteiger partial charge is 0.505 e. The molecule has 0 aliphatic carbocycles. The SMILES string of the molecule is CC(C)[C@H](N)C(=O)Nc1cc(Cl)c(O)c(Cl)c1.Cl. The molecule has 4 N–H and O–H groups in total. The average molecular weight is 314 g/mol. The van der Waals surface area contributed by atoms with E-state index in [1.54, 1.807) is 0 Å². The Labute approximate surface area is 122 Å². The molecule has 0 aliphatic rings. The van der Waals surface area contributed by atoms with E-state index in [0.717, 1.165) is 0 Å². The molecule has 0 bridgehead atoms. The molecule has 0 unspecified atom stereocenters. The highest BCUT2D eigenvalue weighted by atomic mass is 35.5. The Bertz CT molecular complexity index is 415. The van der Waals surface area contributed by atoms with E-state index in [4.69, 9.17) is 28.9 Å². The molecule has 0 fully saturated rings. The second-order valence-corrected chi connectivity index (χ2v) is 4.86. The minimum atomic E-state index is -0.610. The van der Waals surface area contributed by atoms with E-state index in [9.17, 15) is 9.90 Å². The van der Waals surface area contributed by atoms with E-state index in [1.165, 1.54) is 12.1 Å². The lowest BCUT2D eigenvalue weighted by atomic mass is 10.0. The summed E-state index contributed by atoms with van der Waals surface area (Å²) < 4.78 is 0. The number of nitrogens with one attached hydrogen (secondary N) is 1. The third-order valence-corrected chi connectivity index (χ3v) is 2.88. The zero-order valence-corrected chi connectivity index (χ0v) is 12.2. The Morgan fingerprint density at radius 1 is 1.33 bits per heavy atom. The van der Waals surface area contributed by atoms with Gasteiger partial charge in [-0.1, -0.05) is 37.0 Å². The van der Waals surface area contributed by atoms with Crippen molar-refractivity contribution in [1.82, 2.24) is 0 Å². The van der Waals surface area contributed by atoms with Crippen LogP contribution in [0.1, 0.15) is 13.8 Å². The summed E-state index contributed by atoms with van der Waals surface area (Å²) in [7, 11) is 0. The van der Waals surface area contributed by atoms with Gasteiger partial charge in [0.05, 0.1) is 16.1 Å². The lowest BCUT2D eigenvalue weighted by Crippen LogP contribution is -2.39. The minimum Gasteiger partial charge on any atom is -0.505 e. The van der Waals surface area contributed by atoms with Crippen LogP contribution in [0.15, 0.2) is 12.1 Å². The molecule has 0 spiro atoms. The molecule has 1 rings (SSSR count). The zero-order valence-electron chi connectivity index (χ0n) is 9.91. The number of anilines is 1. The number of hydrogen-bond acceptors (Lipinski definition) is 3. The smallest absolute Gasteiger partial charge is 0.241 e. The lowest BCUT2D eigenvalue weighted by molar-refractivity contribution is -0.118. The summed E-state index contributed by atoms with van der Waals surface area (Å²) in [5.74, 6) is -0.504. The van der Waals surface area contributed by atoms with E-state index < -0.39 is 6.04 Å². The number of carbonyl (C=O) groups excluding carboxylic acids is 1. The van der Waals surface area contributed by atoms with Crippen molar-refractivity contribution < 1.29 is 9.90 Å².